The van der Waals surface area contributed by atoms with Crippen LogP contribution in [0, 0.1) is 0 Å². The van der Waals surface area contributed by atoms with Gasteiger partial charge in [-0.05, 0) is 50.7 Å². The first-order valence-electron chi connectivity index (χ1n) is 9.89. The van der Waals surface area contributed by atoms with Crippen LogP contribution in [0.1, 0.15) is 48.9 Å². The molecule has 0 unspecified atom stereocenters. The summed E-state index contributed by atoms with van der Waals surface area (Å²) in [6.45, 7) is 5.97. The second-order valence-electron chi connectivity index (χ2n) is 7.39. The van der Waals surface area contributed by atoms with E-state index in [0.29, 0.717) is 0 Å². The van der Waals surface area contributed by atoms with Gasteiger partial charge in [0.1, 0.15) is 11.3 Å². The summed E-state index contributed by atoms with van der Waals surface area (Å²) in [5, 5.41) is 10.1. The number of hydrogen-bond donors (Lipinski definition) is 1. The Kier molecular flexibility index (Phi) is 5.46. The van der Waals surface area contributed by atoms with Gasteiger partial charge in [-0.1, -0.05) is 12.1 Å². The van der Waals surface area contributed by atoms with Crippen LogP contribution in [0.5, 0.6) is 5.75 Å². The van der Waals surface area contributed by atoms with Gasteiger partial charge in [0.2, 0.25) is 0 Å². The summed E-state index contributed by atoms with van der Waals surface area (Å²) in [6, 6.07) is 6.72. The van der Waals surface area contributed by atoms with Crippen molar-refractivity contribution in [2.45, 2.75) is 38.5 Å². The molecule has 1 aromatic carbocycles. The summed E-state index contributed by atoms with van der Waals surface area (Å²) in [4.78, 5) is 13.1. The van der Waals surface area contributed by atoms with Gasteiger partial charge in [-0.25, -0.2) is 9.32 Å². The van der Waals surface area contributed by atoms with Crippen molar-refractivity contribution in [3.05, 3.63) is 29.8 Å². The molecule has 0 radical (unpaired) electrons. The van der Waals surface area contributed by atoms with Crippen molar-refractivity contribution < 1.29 is 14.4 Å². The lowest BCUT2D eigenvalue weighted by atomic mass is 10.2. The predicted octanol–water partition coefficient (Wildman–Crippen LogP) is 3.51. The monoisotopic (exact) mass is 378 g/mol. The summed E-state index contributed by atoms with van der Waals surface area (Å²) in [5.41, 5.74) is 0.273. The molecule has 0 atom stereocenters. The smallest absolute Gasteiger partial charge is 0.423 e. The van der Waals surface area contributed by atoms with Crippen LogP contribution in [0.4, 0.5) is 0 Å². The molecule has 3 saturated heterocycles. The number of rotatable bonds is 5. The Hall–Kier alpha value is -1.20. The molecule has 1 N–H and O–H groups in total. The molecule has 7 heteroatoms. The van der Waals surface area contributed by atoms with E-state index in [1.807, 2.05) is 0 Å². The molecule has 3 aliphatic heterocycles. The van der Waals surface area contributed by atoms with E-state index in [2.05, 4.69) is 14.0 Å². The van der Waals surface area contributed by atoms with E-state index in [0.717, 1.165) is 77.8 Å². The van der Waals surface area contributed by atoms with Gasteiger partial charge < -0.3 is 5.11 Å². The van der Waals surface area contributed by atoms with Crippen LogP contribution in [0.15, 0.2) is 24.3 Å². The number of para-hydroxylation sites is 1. The van der Waals surface area contributed by atoms with Gasteiger partial charge in [0.05, 0.1) is 0 Å². The van der Waals surface area contributed by atoms with Crippen molar-refractivity contribution in [2.24, 2.45) is 0 Å². The molecule has 0 saturated carbocycles. The van der Waals surface area contributed by atoms with Gasteiger partial charge in [0.25, 0.3) is 0 Å². The molecular formula is C19H29N3O3P+. The summed E-state index contributed by atoms with van der Waals surface area (Å²) in [7, 11) is -2.34. The molecule has 4 rings (SSSR count). The van der Waals surface area contributed by atoms with Gasteiger partial charge in [0.15, 0.2) is 0 Å². The Morgan fingerprint density at radius 1 is 0.808 bits per heavy atom. The molecule has 0 spiro atoms. The largest absolute Gasteiger partial charge is 0.507 e. The minimum absolute atomic E-state index is 0.000124. The highest BCUT2D eigenvalue weighted by Crippen LogP contribution is 2.71. The first-order chi connectivity index (χ1) is 12.7. The first-order valence-corrected chi connectivity index (χ1v) is 11.5. The van der Waals surface area contributed by atoms with Crippen LogP contribution in [0.3, 0.4) is 0 Å². The minimum Gasteiger partial charge on any atom is -0.507 e. The molecule has 0 amide bonds. The number of phenolic OH excluding ortho intramolecular Hbond substituents is 1. The number of carbonyl (C=O) groups is 1. The number of hydrogen-bond acceptors (Lipinski definition) is 6. The van der Waals surface area contributed by atoms with E-state index in [-0.39, 0.29) is 17.3 Å². The Labute approximate surface area is 156 Å². The fourth-order valence-electron chi connectivity index (χ4n) is 4.40. The quantitative estimate of drug-likeness (QED) is 0.792. The molecule has 3 heterocycles. The van der Waals surface area contributed by atoms with Crippen molar-refractivity contribution in [1.82, 2.24) is 14.0 Å². The van der Waals surface area contributed by atoms with Crippen molar-refractivity contribution >= 4 is 13.9 Å². The SMILES string of the molecule is O=C(O[P+](N1CCCC1)(N1CCCC1)N1CCCC1)c1ccccc1O. The van der Waals surface area contributed by atoms with Gasteiger partial charge in [-0.2, -0.15) is 0 Å². The molecular weight excluding hydrogens is 349 g/mol. The molecule has 0 bridgehead atoms. The highest BCUT2D eigenvalue weighted by Gasteiger charge is 2.63. The average Bonchev–Trinajstić information content (AvgIpc) is 3.44. The van der Waals surface area contributed by atoms with Crippen LogP contribution in [0.25, 0.3) is 0 Å². The zero-order valence-electron chi connectivity index (χ0n) is 15.3. The van der Waals surface area contributed by atoms with Crippen LogP contribution in [0.2, 0.25) is 0 Å². The van der Waals surface area contributed by atoms with E-state index in [1.165, 1.54) is 0 Å². The fraction of sp³-hybridized carbons (Fsp3) is 0.632. The van der Waals surface area contributed by atoms with Crippen LogP contribution in [-0.2, 0) is 4.52 Å². The van der Waals surface area contributed by atoms with Crippen LogP contribution >= 0.6 is 7.94 Å². The number of nitrogens with zero attached hydrogens (tertiary/aromatic N) is 3. The van der Waals surface area contributed by atoms with Crippen molar-refractivity contribution in [2.75, 3.05) is 39.3 Å². The third-order valence-corrected chi connectivity index (χ3v) is 9.50. The number of aromatic hydroxyl groups is 1. The van der Waals surface area contributed by atoms with E-state index < -0.39 is 7.94 Å². The second kappa shape index (κ2) is 7.81. The summed E-state index contributed by atoms with van der Waals surface area (Å²) < 4.78 is 13.8. The fourth-order valence-corrected chi connectivity index (χ4v) is 8.55. The second-order valence-corrected chi connectivity index (χ2v) is 10.3. The maximum absolute atomic E-state index is 13.1. The normalized spacial score (nSPS) is 22.9. The molecule has 26 heavy (non-hydrogen) atoms. The van der Waals surface area contributed by atoms with Gasteiger partial charge in [0, 0.05) is 39.3 Å². The topological polar surface area (TPSA) is 56.2 Å². The Bertz CT molecular complexity index is 598. The minimum atomic E-state index is -2.34. The van der Waals surface area contributed by atoms with E-state index in [9.17, 15) is 9.90 Å². The average molecular weight is 378 g/mol. The maximum Gasteiger partial charge on any atom is 0.423 e. The van der Waals surface area contributed by atoms with Crippen molar-refractivity contribution in [1.29, 1.82) is 0 Å². The molecule has 3 aliphatic rings. The summed E-state index contributed by atoms with van der Waals surface area (Å²) in [5.74, 6) is -0.387. The molecule has 0 aliphatic carbocycles. The van der Waals surface area contributed by atoms with Crippen LogP contribution in [-0.4, -0.2) is 64.4 Å². The van der Waals surface area contributed by atoms with Gasteiger partial charge in [-0.3, -0.25) is 0 Å². The highest BCUT2D eigenvalue weighted by molar-refractivity contribution is 7.64. The Balaban J connectivity index is 1.70. The van der Waals surface area contributed by atoms with Crippen LogP contribution < -0.4 is 0 Å². The highest BCUT2D eigenvalue weighted by atomic mass is 31.2. The molecule has 0 aromatic heterocycles. The van der Waals surface area contributed by atoms with Crippen molar-refractivity contribution in [3.8, 4) is 5.75 Å². The van der Waals surface area contributed by atoms with E-state index in [1.54, 1.807) is 24.3 Å². The number of benzene rings is 1. The molecule has 3 fully saturated rings. The Morgan fingerprint density at radius 3 is 1.65 bits per heavy atom. The summed E-state index contributed by atoms with van der Waals surface area (Å²) >= 11 is 0. The molecule has 142 valence electrons. The lowest BCUT2D eigenvalue weighted by molar-refractivity contribution is 0.0685. The lowest BCUT2D eigenvalue weighted by Gasteiger charge is -2.40. The predicted molar refractivity (Wildman–Crippen MR) is 103 cm³/mol. The van der Waals surface area contributed by atoms with E-state index >= 15 is 0 Å². The Morgan fingerprint density at radius 2 is 1.23 bits per heavy atom. The summed E-state index contributed by atoms with van der Waals surface area (Å²) in [6.07, 6.45) is 6.99. The van der Waals surface area contributed by atoms with E-state index in [4.69, 9.17) is 4.52 Å². The third kappa shape index (κ3) is 3.24. The number of carbonyl (C=O) groups excluding carboxylic acids is 1. The lowest BCUT2D eigenvalue weighted by Crippen LogP contribution is -2.44. The van der Waals surface area contributed by atoms with Gasteiger partial charge >= 0.3 is 13.9 Å². The maximum atomic E-state index is 13.1. The first kappa shape index (κ1) is 18.2. The third-order valence-electron chi connectivity index (χ3n) is 5.68. The molecule has 6 nitrogen and oxygen atoms in total. The zero-order valence-corrected chi connectivity index (χ0v) is 16.2. The molecule has 1 aromatic rings. The van der Waals surface area contributed by atoms with Crippen molar-refractivity contribution in [3.63, 3.8) is 0 Å². The zero-order chi connectivity index (χ0) is 18.0. The number of phenols is 1. The van der Waals surface area contributed by atoms with Gasteiger partial charge in [-0.15, -0.1) is 14.0 Å². The standard InChI is InChI=1S/C19H28N3O3P/c23-18-10-2-1-9-17(18)19(24)25-26(20-11-3-4-12-20,21-13-5-6-14-21)22-15-7-8-16-22/h1-2,9-10H,3-8,11-16H2/p+1.